The zero-order chi connectivity index (χ0) is 19.7. The molecule has 9 heteroatoms. The van der Waals surface area contributed by atoms with Crippen LogP contribution < -0.4 is 5.32 Å². The molecular formula is C19H21N5O3S. The highest BCUT2D eigenvalue weighted by atomic mass is 32.1. The number of ether oxygens (including phenoxy) is 1. The summed E-state index contributed by atoms with van der Waals surface area (Å²) in [6.45, 7) is 3.83. The predicted octanol–water partition coefficient (Wildman–Crippen LogP) is 3.27. The van der Waals surface area contributed by atoms with E-state index in [-0.39, 0.29) is 17.9 Å². The van der Waals surface area contributed by atoms with Crippen molar-refractivity contribution in [3.63, 3.8) is 0 Å². The van der Waals surface area contributed by atoms with Crippen LogP contribution in [0.5, 0.6) is 0 Å². The molecule has 0 spiro atoms. The van der Waals surface area contributed by atoms with Crippen molar-refractivity contribution >= 4 is 34.0 Å². The second-order valence-corrected chi connectivity index (χ2v) is 7.90. The Bertz CT molecular complexity index is 1010. The van der Waals surface area contributed by atoms with Gasteiger partial charge in [-0.25, -0.2) is 14.3 Å². The highest BCUT2D eigenvalue weighted by molar-refractivity contribution is 7.17. The van der Waals surface area contributed by atoms with Crippen LogP contribution >= 0.6 is 11.3 Å². The molecule has 1 aliphatic rings. The Labute approximate surface area is 166 Å². The number of carbonyl (C=O) groups excluding carboxylic acids is 2. The molecule has 8 nitrogen and oxygen atoms in total. The second-order valence-electron chi connectivity index (χ2n) is 6.79. The maximum atomic E-state index is 12.8. The second kappa shape index (κ2) is 7.67. The van der Waals surface area contributed by atoms with Crippen LogP contribution in [0.3, 0.4) is 0 Å². The number of esters is 1. The lowest BCUT2D eigenvalue weighted by atomic mass is 9.95. The molecule has 28 heavy (non-hydrogen) atoms. The lowest BCUT2D eigenvalue weighted by molar-refractivity contribution is 0.0335. The number of aryl methyl sites for hydroxylation is 1. The van der Waals surface area contributed by atoms with Crippen molar-refractivity contribution in [1.82, 2.24) is 19.6 Å². The molecule has 0 saturated heterocycles. The van der Waals surface area contributed by atoms with Crippen LogP contribution in [0.25, 0.3) is 5.78 Å². The van der Waals surface area contributed by atoms with E-state index in [0.29, 0.717) is 16.3 Å². The van der Waals surface area contributed by atoms with Gasteiger partial charge in [0.2, 0.25) is 5.82 Å². The van der Waals surface area contributed by atoms with Crippen LogP contribution in [0.2, 0.25) is 0 Å². The molecule has 1 amide bonds. The first kappa shape index (κ1) is 18.5. The zero-order valence-electron chi connectivity index (χ0n) is 15.8. The number of anilines is 1. The first-order valence-corrected chi connectivity index (χ1v) is 10.2. The van der Waals surface area contributed by atoms with Crippen molar-refractivity contribution in [3.8, 4) is 0 Å². The summed E-state index contributed by atoms with van der Waals surface area (Å²) in [5, 5.41) is 7.49. The Morgan fingerprint density at radius 2 is 2.18 bits per heavy atom. The summed E-state index contributed by atoms with van der Waals surface area (Å²) in [5.74, 6) is -0.504. The van der Waals surface area contributed by atoms with E-state index in [2.05, 4.69) is 20.4 Å². The topological polar surface area (TPSA) is 98.5 Å². The van der Waals surface area contributed by atoms with Crippen molar-refractivity contribution in [2.24, 2.45) is 0 Å². The Morgan fingerprint density at radius 1 is 1.36 bits per heavy atom. The highest BCUT2D eigenvalue weighted by Crippen LogP contribution is 2.39. The summed E-state index contributed by atoms with van der Waals surface area (Å²) in [6, 6.07) is 1.71. The summed E-state index contributed by atoms with van der Waals surface area (Å²) < 4.78 is 6.99. The Kier molecular flexibility index (Phi) is 5.08. The first-order valence-electron chi connectivity index (χ1n) is 9.41. The SMILES string of the molecule is CC[C@H](C)OC(=O)c1c(NC(=O)c2nc3ncccn3n2)sc2c1CCCC2. The van der Waals surface area contributed by atoms with Gasteiger partial charge < -0.3 is 10.1 Å². The van der Waals surface area contributed by atoms with Gasteiger partial charge in [-0.1, -0.05) is 6.92 Å². The van der Waals surface area contributed by atoms with Crippen LogP contribution in [0.1, 0.15) is 64.5 Å². The predicted molar refractivity (Wildman–Crippen MR) is 105 cm³/mol. The molecule has 0 fully saturated rings. The minimum Gasteiger partial charge on any atom is -0.459 e. The van der Waals surface area contributed by atoms with E-state index in [0.717, 1.165) is 42.5 Å². The summed E-state index contributed by atoms with van der Waals surface area (Å²) in [5.41, 5.74) is 1.49. The average molecular weight is 399 g/mol. The molecule has 0 saturated carbocycles. The Morgan fingerprint density at radius 3 is 2.96 bits per heavy atom. The van der Waals surface area contributed by atoms with Crippen LogP contribution in [0, 0.1) is 0 Å². The van der Waals surface area contributed by atoms with E-state index in [4.69, 9.17) is 4.74 Å². The standard InChI is InChI=1S/C19H21N5O3S/c1-3-11(2)27-18(26)14-12-7-4-5-8-13(12)28-17(14)22-16(25)15-21-19-20-9-6-10-24(19)23-15/h6,9-11H,3-5,7-8H2,1-2H3,(H,22,25)/t11-/m0/s1. The quantitative estimate of drug-likeness (QED) is 0.661. The van der Waals surface area contributed by atoms with Gasteiger partial charge in [-0.15, -0.1) is 16.4 Å². The molecule has 1 N–H and O–H groups in total. The van der Waals surface area contributed by atoms with Gasteiger partial charge in [0.05, 0.1) is 11.7 Å². The number of fused-ring (bicyclic) bond motifs is 2. The third-order valence-corrected chi connectivity index (χ3v) is 6.01. The van der Waals surface area contributed by atoms with Gasteiger partial charge in [0.25, 0.3) is 11.7 Å². The molecule has 0 radical (unpaired) electrons. The lowest BCUT2D eigenvalue weighted by Crippen LogP contribution is -2.19. The van der Waals surface area contributed by atoms with Crippen LogP contribution in [0.15, 0.2) is 18.5 Å². The summed E-state index contributed by atoms with van der Waals surface area (Å²) >= 11 is 1.44. The van der Waals surface area contributed by atoms with Crippen LogP contribution in [0.4, 0.5) is 5.00 Å². The minimum absolute atomic E-state index is 0.00585. The molecule has 1 aliphatic carbocycles. The highest BCUT2D eigenvalue weighted by Gasteiger charge is 2.29. The maximum Gasteiger partial charge on any atom is 0.341 e. The summed E-state index contributed by atoms with van der Waals surface area (Å²) in [4.78, 5) is 34.9. The first-order chi connectivity index (χ1) is 13.6. The van der Waals surface area contributed by atoms with Gasteiger partial charge in [0.1, 0.15) is 5.00 Å². The fourth-order valence-corrected chi connectivity index (χ4v) is 4.46. The number of hydrogen-bond acceptors (Lipinski definition) is 7. The van der Waals surface area contributed by atoms with Gasteiger partial charge in [0.15, 0.2) is 0 Å². The van der Waals surface area contributed by atoms with E-state index < -0.39 is 5.91 Å². The molecule has 146 valence electrons. The maximum absolute atomic E-state index is 12.8. The third-order valence-electron chi connectivity index (χ3n) is 4.81. The fourth-order valence-electron chi connectivity index (χ4n) is 3.18. The molecule has 3 heterocycles. The van der Waals surface area contributed by atoms with Crippen molar-refractivity contribution in [2.75, 3.05) is 5.32 Å². The van der Waals surface area contributed by atoms with E-state index >= 15 is 0 Å². The van der Waals surface area contributed by atoms with E-state index in [1.165, 1.54) is 15.9 Å². The Hall–Kier alpha value is -2.81. The van der Waals surface area contributed by atoms with E-state index in [1.54, 1.807) is 18.5 Å². The number of thiophene rings is 1. The van der Waals surface area contributed by atoms with Crippen LogP contribution in [-0.2, 0) is 17.6 Å². The average Bonchev–Trinajstić information content (AvgIpc) is 3.28. The molecule has 0 aromatic carbocycles. The third kappa shape index (κ3) is 3.49. The Balaban J connectivity index is 1.65. The molecular weight excluding hydrogens is 378 g/mol. The summed E-state index contributed by atoms with van der Waals surface area (Å²) in [6.07, 6.45) is 7.66. The number of nitrogens with one attached hydrogen (secondary N) is 1. The fraction of sp³-hybridized carbons (Fsp3) is 0.421. The number of carbonyl (C=O) groups is 2. The van der Waals surface area contributed by atoms with Gasteiger partial charge in [0, 0.05) is 17.3 Å². The largest absolute Gasteiger partial charge is 0.459 e. The molecule has 0 bridgehead atoms. The number of hydrogen-bond donors (Lipinski definition) is 1. The normalized spacial score (nSPS) is 14.5. The van der Waals surface area contributed by atoms with Crippen molar-refractivity contribution in [1.29, 1.82) is 0 Å². The summed E-state index contributed by atoms with van der Waals surface area (Å²) in [7, 11) is 0. The molecule has 0 unspecified atom stereocenters. The smallest absolute Gasteiger partial charge is 0.341 e. The molecule has 0 aliphatic heterocycles. The number of amides is 1. The number of rotatable bonds is 5. The van der Waals surface area contributed by atoms with Gasteiger partial charge in [-0.05, 0) is 50.7 Å². The number of aromatic nitrogens is 4. The minimum atomic E-state index is -0.471. The number of nitrogens with zero attached hydrogens (tertiary/aromatic N) is 4. The van der Waals surface area contributed by atoms with E-state index in [1.807, 2.05) is 13.8 Å². The van der Waals surface area contributed by atoms with Crippen LogP contribution in [-0.4, -0.2) is 37.6 Å². The zero-order valence-corrected chi connectivity index (χ0v) is 16.6. The van der Waals surface area contributed by atoms with Crippen molar-refractivity contribution in [2.45, 2.75) is 52.1 Å². The molecule has 3 aromatic heterocycles. The van der Waals surface area contributed by atoms with Gasteiger partial charge in [-0.2, -0.15) is 4.98 Å². The van der Waals surface area contributed by atoms with E-state index in [9.17, 15) is 9.59 Å². The molecule has 1 atom stereocenters. The van der Waals surface area contributed by atoms with Crippen molar-refractivity contribution < 1.29 is 14.3 Å². The lowest BCUT2D eigenvalue weighted by Gasteiger charge is -2.15. The van der Waals surface area contributed by atoms with Gasteiger partial charge >= 0.3 is 5.97 Å². The monoisotopic (exact) mass is 399 g/mol. The molecule has 3 aromatic rings. The van der Waals surface area contributed by atoms with Gasteiger partial charge in [-0.3, -0.25) is 4.79 Å². The van der Waals surface area contributed by atoms with Crippen molar-refractivity contribution in [3.05, 3.63) is 40.3 Å². The molecule has 4 rings (SSSR count).